The third-order valence-electron chi connectivity index (χ3n) is 6.52. The van der Waals surface area contributed by atoms with E-state index in [9.17, 15) is 14.7 Å². The van der Waals surface area contributed by atoms with E-state index >= 15 is 0 Å². The van der Waals surface area contributed by atoms with Crippen LogP contribution in [0.25, 0.3) is 10.2 Å². The van der Waals surface area contributed by atoms with E-state index in [1.54, 1.807) is 6.07 Å². The van der Waals surface area contributed by atoms with Crippen molar-refractivity contribution in [2.24, 2.45) is 5.92 Å². The first kappa shape index (κ1) is 31.0. The molecule has 2 rings (SSSR count). The zero-order valence-electron chi connectivity index (χ0n) is 22.4. The van der Waals surface area contributed by atoms with E-state index in [4.69, 9.17) is 11.6 Å². The van der Waals surface area contributed by atoms with Crippen molar-refractivity contribution < 1.29 is 14.7 Å². The first-order valence-electron chi connectivity index (χ1n) is 12.8. The number of hydrogen-bond acceptors (Lipinski definition) is 7. The summed E-state index contributed by atoms with van der Waals surface area (Å²) in [6.45, 7) is 14.9. The number of nitrogens with one attached hydrogen (secondary N) is 4. The van der Waals surface area contributed by atoms with Crippen LogP contribution in [0.4, 0.5) is 4.79 Å². The minimum absolute atomic E-state index is 0.130. The summed E-state index contributed by atoms with van der Waals surface area (Å²) < 4.78 is 0.919. The molecular formula is C26H41ClN6O3S. The van der Waals surface area contributed by atoms with Crippen LogP contribution in [0.1, 0.15) is 39.1 Å². The summed E-state index contributed by atoms with van der Waals surface area (Å²) in [4.78, 5) is 32.3. The molecule has 0 radical (unpaired) electrons. The second-order valence-electron chi connectivity index (χ2n) is 9.13. The number of aromatic nitrogens is 1. The Bertz CT molecular complexity index is 1040. The minimum Gasteiger partial charge on any atom is -0.375 e. The maximum absolute atomic E-state index is 13.4. The molecule has 2 aromatic rings. The van der Waals surface area contributed by atoms with Gasteiger partial charge in [-0.1, -0.05) is 52.3 Å². The van der Waals surface area contributed by atoms with Crippen LogP contribution >= 0.6 is 22.9 Å². The fraction of sp³-hybridized carbons (Fsp3) is 0.577. The van der Waals surface area contributed by atoms with Crippen molar-refractivity contribution in [2.75, 3.05) is 33.2 Å². The molecule has 0 aliphatic rings. The average Bonchev–Trinajstić information content (AvgIpc) is 3.29. The quantitative estimate of drug-likeness (QED) is 0.171. The van der Waals surface area contributed by atoms with Crippen LogP contribution in [0.15, 0.2) is 30.4 Å². The fourth-order valence-corrected chi connectivity index (χ4v) is 5.10. The highest BCUT2D eigenvalue weighted by atomic mass is 35.5. The van der Waals surface area contributed by atoms with Gasteiger partial charge in [0, 0.05) is 37.6 Å². The van der Waals surface area contributed by atoms with E-state index in [0.717, 1.165) is 34.7 Å². The van der Waals surface area contributed by atoms with Crippen LogP contribution in [0, 0.1) is 5.92 Å². The van der Waals surface area contributed by atoms with Gasteiger partial charge in [-0.3, -0.25) is 15.0 Å². The number of benzene rings is 1. The molecule has 0 fully saturated rings. The zero-order valence-corrected chi connectivity index (χ0v) is 24.0. The second kappa shape index (κ2) is 15.2. The molecule has 9 nitrogen and oxygen atoms in total. The molecule has 4 atom stereocenters. The maximum Gasteiger partial charge on any atom is 0.315 e. The number of carbonyl (C=O) groups is 2. The van der Waals surface area contributed by atoms with Gasteiger partial charge in [0.15, 0.2) is 0 Å². The van der Waals surface area contributed by atoms with Gasteiger partial charge >= 0.3 is 6.03 Å². The first-order chi connectivity index (χ1) is 17.6. The number of thiazole rings is 1. The van der Waals surface area contributed by atoms with Gasteiger partial charge in [0.05, 0.1) is 15.2 Å². The smallest absolute Gasteiger partial charge is 0.315 e. The third kappa shape index (κ3) is 9.54. The zero-order chi connectivity index (χ0) is 27.5. The summed E-state index contributed by atoms with van der Waals surface area (Å²) in [6, 6.07) is 3.90. The Morgan fingerprint density at radius 3 is 2.54 bits per heavy atom. The van der Waals surface area contributed by atoms with Crippen molar-refractivity contribution in [1.82, 2.24) is 31.2 Å². The average molecular weight is 553 g/mol. The maximum atomic E-state index is 13.4. The van der Waals surface area contributed by atoms with Gasteiger partial charge < -0.3 is 21.1 Å². The van der Waals surface area contributed by atoms with Gasteiger partial charge in [-0.2, -0.15) is 0 Å². The number of urea groups is 1. The van der Waals surface area contributed by atoms with E-state index in [-0.39, 0.29) is 24.3 Å². The Hall–Kier alpha value is -2.24. The lowest BCUT2D eigenvalue weighted by molar-refractivity contribution is -0.124. The number of aliphatic hydroxyl groups is 1. The lowest BCUT2D eigenvalue weighted by Gasteiger charge is -2.29. The summed E-state index contributed by atoms with van der Waals surface area (Å²) in [5.74, 6) is -0.186. The van der Waals surface area contributed by atoms with Gasteiger partial charge in [0.25, 0.3) is 0 Å². The molecular weight excluding hydrogens is 512 g/mol. The Balaban J connectivity index is 2.11. The number of amides is 3. The molecule has 1 unspecified atom stereocenters. The van der Waals surface area contributed by atoms with E-state index < -0.39 is 18.3 Å². The van der Waals surface area contributed by atoms with Crippen LogP contribution in [-0.4, -0.2) is 78.5 Å². The number of halogens is 1. The molecule has 0 aliphatic carbocycles. The second-order valence-corrected chi connectivity index (χ2v) is 10.7. The summed E-state index contributed by atoms with van der Waals surface area (Å²) in [5, 5.41) is 23.4. The van der Waals surface area contributed by atoms with Gasteiger partial charge in [-0.05, 0) is 42.8 Å². The number of nitrogens with zero attached hydrogens (tertiary/aromatic N) is 2. The molecule has 5 N–H and O–H groups in total. The van der Waals surface area contributed by atoms with Gasteiger partial charge in [-0.15, -0.1) is 11.3 Å². The van der Waals surface area contributed by atoms with Crippen LogP contribution in [0.2, 0.25) is 5.02 Å². The molecule has 0 aliphatic heterocycles. The normalized spacial score (nSPS) is 14.7. The standard InChI is InChI=1S/C26H41ClN6O3S/c1-7-16(4)21(14-29-24(34)17(5)15-33(8-2)9-3)31-25(35)20(32-26(36)28-6)13-23-30-19-11-10-18(27)12-22(19)37-23/h10-12,16,20-21,24,29,34H,5,7-9,13-15H2,1-4,6H3,(H,31,35)(H2,28,32,36)/t16-,20-,21+,24?/m0/s1. The molecule has 206 valence electrons. The monoisotopic (exact) mass is 552 g/mol. The number of fused-ring (bicyclic) bond motifs is 1. The summed E-state index contributed by atoms with van der Waals surface area (Å²) in [5.41, 5.74) is 1.47. The third-order valence-corrected chi connectivity index (χ3v) is 7.80. The molecule has 37 heavy (non-hydrogen) atoms. The molecule has 3 amide bonds. The molecule has 0 saturated heterocycles. The highest BCUT2D eigenvalue weighted by molar-refractivity contribution is 7.18. The van der Waals surface area contributed by atoms with Crippen molar-refractivity contribution in [3.8, 4) is 0 Å². The molecule has 0 spiro atoms. The number of aliphatic hydroxyl groups excluding tert-OH is 1. The van der Waals surface area contributed by atoms with Crippen LogP contribution in [0.5, 0.6) is 0 Å². The van der Waals surface area contributed by atoms with E-state index in [1.165, 1.54) is 18.4 Å². The fourth-order valence-electron chi connectivity index (χ4n) is 3.81. The van der Waals surface area contributed by atoms with Crippen molar-refractivity contribution in [3.05, 3.63) is 40.4 Å². The van der Waals surface area contributed by atoms with Crippen molar-refractivity contribution in [1.29, 1.82) is 0 Å². The summed E-state index contributed by atoms with van der Waals surface area (Å²) >= 11 is 7.54. The molecule has 1 aromatic carbocycles. The Labute approximate surface area is 229 Å². The van der Waals surface area contributed by atoms with Crippen molar-refractivity contribution in [2.45, 2.75) is 58.8 Å². The number of hydrogen-bond donors (Lipinski definition) is 5. The highest BCUT2D eigenvalue weighted by Crippen LogP contribution is 2.26. The predicted octanol–water partition coefficient (Wildman–Crippen LogP) is 3.13. The molecule has 0 bridgehead atoms. The molecule has 11 heteroatoms. The number of rotatable bonds is 15. The Morgan fingerprint density at radius 1 is 1.22 bits per heavy atom. The van der Waals surface area contributed by atoms with E-state index in [1.807, 2.05) is 26.0 Å². The van der Waals surface area contributed by atoms with Crippen LogP contribution < -0.4 is 21.3 Å². The highest BCUT2D eigenvalue weighted by Gasteiger charge is 2.27. The lowest BCUT2D eigenvalue weighted by Crippen LogP contribution is -2.56. The largest absolute Gasteiger partial charge is 0.375 e. The summed E-state index contributed by atoms with van der Waals surface area (Å²) in [7, 11) is 1.50. The van der Waals surface area contributed by atoms with Crippen LogP contribution in [0.3, 0.4) is 0 Å². The summed E-state index contributed by atoms with van der Waals surface area (Å²) in [6.07, 6.45) is 0.175. The minimum atomic E-state index is -0.890. The number of carbonyl (C=O) groups excluding carboxylic acids is 2. The van der Waals surface area contributed by atoms with Gasteiger partial charge in [-0.25, -0.2) is 9.78 Å². The first-order valence-corrected chi connectivity index (χ1v) is 14.0. The SMILES string of the molecule is C=C(CN(CC)CC)C(O)NC[C@@H](NC(=O)[C@H](Cc1nc2ccc(Cl)cc2s1)NC(=O)NC)[C@@H](C)CC. The van der Waals surface area contributed by atoms with Crippen LogP contribution in [-0.2, 0) is 11.2 Å². The van der Waals surface area contributed by atoms with Gasteiger partial charge in [0.2, 0.25) is 5.91 Å². The molecule has 0 saturated carbocycles. The number of likely N-dealkylation sites (N-methyl/N-ethyl adjacent to an activating group) is 1. The van der Waals surface area contributed by atoms with Gasteiger partial charge in [0.1, 0.15) is 12.3 Å². The predicted molar refractivity (Wildman–Crippen MR) is 152 cm³/mol. The molecule has 1 aromatic heterocycles. The van der Waals surface area contributed by atoms with E-state index in [0.29, 0.717) is 23.7 Å². The Morgan fingerprint density at radius 2 is 1.92 bits per heavy atom. The van der Waals surface area contributed by atoms with Crippen molar-refractivity contribution >= 4 is 45.1 Å². The lowest BCUT2D eigenvalue weighted by atomic mass is 9.98. The molecule has 1 heterocycles. The Kier molecular flexibility index (Phi) is 12.8. The topological polar surface area (TPSA) is 119 Å². The van der Waals surface area contributed by atoms with Crippen molar-refractivity contribution in [3.63, 3.8) is 0 Å². The van der Waals surface area contributed by atoms with E-state index in [2.05, 4.69) is 51.6 Å².